The maximum Gasteiger partial charge on any atom is 0.255 e. The maximum atomic E-state index is 13.3. The number of hydrogen-bond donors (Lipinski definition) is 2. The van der Waals surface area contributed by atoms with Gasteiger partial charge in [-0.15, -0.1) is 0 Å². The number of hydrogen-bond acceptors (Lipinski definition) is 3. The smallest absolute Gasteiger partial charge is 0.255 e. The first-order chi connectivity index (χ1) is 11.0. The molecule has 0 heterocycles. The highest BCUT2D eigenvalue weighted by molar-refractivity contribution is 9.10. The van der Waals surface area contributed by atoms with Gasteiger partial charge in [-0.05, 0) is 42.5 Å². The summed E-state index contributed by atoms with van der Waals surface area (Å²) in [5.74, 6) is -1.20. The van der Waals surface area contributed by atoms with E-state index in [1.54, 1.807) is 24.3 Å². The van der Waals surface area contributed by atoms with Crippen LogP contribution in [0.2, 0.25) is 0 Å². The predicted molar refractivity (Wildman–Crippen MR) is 89.0 cm³/mol. The van der Waals surface area contributed by atoms with E-state index in [1.165, 1.54) is 19.2 Å². The average molecular weight is 381 g/mol. The van der Waals surface area contributed by atoms with Gasteiger partial charge in [0.2, 0.25) is 5.91 Å². The van der Waals surface area contributed by atoms with Gasteiger partial charge in [-0.2, -0.15) is 0 Å². The molecule has 2 amide bonds. The molecular formula is C16H14BrFN2O3. The topological polar surface area (TPSA) is 67.4 Å². The Bertz CT molecular complexity index is 700. The Kier molecular flexibility index (Phi) is 5.84. The molecule has 7 heteroatoms. The fourth-order valence-corrected chi connectivity index (χ4v) is 2.32. The summed E-state index contributed by atoms with van der Waals surface area (Å²) in [6.07, 6.45) is 0. The van der Waals surface area contributed by atoms with Crippen molar-refractivity contribution < 1.29 is 18.7 Å². The maximum absolute atomic E-state index is 13.3. The molecule has 0 fully saturated rings. The van der Waals surface area contributed by atoms with E-state index in [2.05, 4.69) is 26.6 Å². The number of rotatable bonds is 5. The van der Waals surface area contributed by atoms with Crippen LogP contribution < -0.4 is 10.6 Å². The molecule has 0 bridgehead atoms. The number of nitrogens with one attached hydrogen (secondary N) is 2. The summed E-state index contributed by atoms with van der Waals surface area (Å²) in [6.45, 7) is -0.0348. The van der Waals surface area contributed by atoms with E-state index in [-0.39, 0.29) is 18.1 Å². The second-order valence-electron chi connectivity index (χ2n) is 4.67. The summed E-state index contributed by atoms with van der Waals surface area (Å²) in [5.41, 5.74) is 1.31. The van der Waals surface area contributed by atoms with Crippen molar-refractivity contribution in [2.45, 2.75) is 0 Å². The van der Waals surface area contributed by atoms with Crippen molar-refractivity contribution in [3.8, 4) is 0 Å². The molecule has 2 N–H and O–H groups in total. The Balaban J connectivity index is 2.02. The van der Waals surface area contributed by atoms with Crippen LogP contribution in [-0.2, 0) is 9.53 Å². The van der Waals surface area contributed by atoms with Gasteiger partial charge < -0.3 is 15.4 Å². The molecular weight excluding hydrogens is 367 g/mol. The Morgan fingerprint density at radius 2 is 1.70 bits per heavy atom. The van der Waals surface area contributed by atoms with E-state index < -0.39 is 11.7 Å². The van der Waals surface area contributed by atoms with Gasteiger partial charge in [0.05, 0.1) is 0 Å². The largest absolute Gasteiger partial charge is 0.375 e. The lowest BCUT2D eigenvalue weighted by Gasteiger charge is -2.08. The molecule has 2 rings (SSSR count). The third kappa shape index (κ3) is 5.15. The molecule has 23 heavy (non-hydrogen) atoms. The molecule has 0 spiro atoms. The van der Waals surface area contributed by atoms with Gasteiger partial charge in [0, 0.05) is 28.5 Å². The van der Waals surface area contributed by atoms with E-state index >= 15 is 0 Å². The monoisotopic (exact) mass is 380 g/mol. The van der Waals surface area contributed by atoms with Crippen LogP contribution in [0.25, 0.3) is 0 Å². The van der Waals surface area contributed by atoms with Crippen molar-refractivity contribution in [1.29, 1.82) is 0 Å². The van der Waals surface area contributed by atoms with Crippen molar-refractivity contribution >= 4 is 39.1 Å². The summed E-state index contributed by atoms with van der Waals surface area (Å²) < 4.78 is 18.5. The number of halogens is 2. The number of benzene rings is 2. The highest BCUT2D eigenvalue weighted by Crippen LogP contribution is 2.18. The molecule has 0 aliphatic rings. The molecule has 0 saturated carbocycles. The van der Waals surface area contributed by atoms with Crippen LogP contribution in [-0.4, -0.2) is 25.5 Å². The quantitative estimate of drug-likeness (QED) is 0.834. The summed E-state index contributed by atoms with van der Waals surface area (Å²) in [4.78, 5) is 23.5. The number of amides is 2. The van der Waals surface area contributed by atoms with E-state index in [0.717, 1.165) is 6.07 Å². The number of carbonyl (C=O) groups is 2. The molecule has 5 nitrogen and oxygen atoms in total. The first-order valence-electron chi connectivity index (χ1n) is 6.64. The lowest BCUT2D eigenvalue weighted by molar-refractivity contribution is -0.119. The van der Waals surface area contributed by atoms with Crippen LogP contribution in [0, 0.1) is 5.82 Å². The summed E-state index contributed by atoms with van der Waals surface area (Å²) in [6, 6.07) is 10.5. The first kappa shape index (κ1) is 17.1. The van der Waals surface area contributed by atoms with Gasteiger partial charge in [-0.25, -0.2) is 4.39 Å². The molecule has 0 radical (unpaired) electrons. The standard InChI is InChI=1S/C16H14BrFN2O3/c1-23-9-15(21)19-13-2-4-14(5-3-13)20-16(22)10-6-11(17)8-12(18)7-10/h2-8H,9H2,1H3,(H,19,21)(H,20,22). The van der Waals surface area contributed by atoms with Gasteiger partial charge in [-0.1, -0.05) is 15.9 Å². The van der Waals surface area contributed by atoms with Crippen LogP contribution in [0.1, 0.15) is 10.4 Å². The highest BCUT2D eigenvalue weighted by atomic mass is 79.9. The first-order valence-corrected chi connectivity index (χ1v) is 7.43. The van der Waals surface area contributed by atoms with E-state index in [4.69, 9.17) is 4.74 Å². The van der Waals surface area contributed by atoms with Crippen LogP contribution in [0.3, 0.4) is 0 Å². The zero-order valence-electron chi connectivity index (χ0n) is 12.2. The molecule has 0 unspecified atom stereocenters. The normalized spacial score (nSPS) is 10.2. The number of methoxy groups -OCH3 is 1. The minimum Gasteiger partial charge on any atom is -0.375 e. The molecule has 0 atom stereocenters. The molecule has 0 saturated heterocycles. The second kappa shape index (κ2) is 7.85. The Hall–Kier alpha value is -2.25. The van der Waals surface area contributed by atoms with E-state index in [0.29, 0.717) is 15.8 Å². The number of anilines is 2. The van der Waals surface area contributed by atoms with Crippen molar-refractivity contribution in [3.63, 3.8) is 0 Å². The van der Waals surface area contributed by atoms with Gasteiger partial charge in [0.25, 0.3) is 5.91 Å². The summed E-state index contributed by atoms with van der Waals surface area (Å²) in [5, 5.41) is 5.29. The molecule has 2 aromatic rings. The number of carbonyl (C=O) groups excluding carboxylic acids is 2. The fraction of sp³-hybridized carbons (Fsp3) is 0.125. The second-order valence-corrected chi connectivity index (χ2v) is 5.59. The molecule has 0 aliphatic carbocycles. The lowest BCUT2D eigenvalue weighted by Crippen LogP contribution is -2.17. The van der Waals surface area contributed by atoms with Crippen molar-refractivity contribution in [2.75, 3.05) is 24.4 Å². The Morgan fingerprint density at radius 3 is 2.26 bits per heavy atom. The van der Waals surface area contributed by atoms with Gasteiger partial charge in [-0.3, -0.25) is 9.59 Å². The van der Waals surface area contributed by atoms with Gasteiger partial charge >= 0.3 is 0 Å². The van der Waals surface area contributed by atoms with Gasteiger partial charge in [0.1, 0.15) is 12.4 Å². The molecule has 120 valence electrons. The Labute approximate surface area is 141 Å². The molecule has 0 aromatic heterocycles. The highest BCUT2D eigenvalue weighted by Gasteiger charge is 2.09. The summed E-state index contributed by atoms with van der Waals surface area (Å²) in [7, 11) is 1.43. The van der Waals surface area contributed by atoms with Crippen molar-refractivity contribution in [1.82, 2.24) is 0 Å². The molecule has 2 aromatic carbocycles. The van der Waals surface area contributed by atoms with Gasteiger partial charge in [0.15, 0.2) is 0 Å². The zero-order chi connectivity index (χ0) is 16.8. The summed E-state index contributed by atoms with van der Waals surface area (Å²) >= 11 is 3.14. The number of ether oxygens (including phenoxy) is 1. The molecule has 0 aliphatic heterocycles. The van der Waals surface area contributed by atoms with Crippen LogP contribution in [0.5, 0.6) is 0 Å². The average Bonchev–Trinajstić information content (AvgIpc) is 2.48. The minimum atomic E-state index is -0.499. The van der Waals surface area contributed by atoms with Crippen molar-refractivity contribution in [2.24, 2.45) is 0 Å². The van der Waals surface area contributed by atoms with Crippen LogP contribution in [0.4, 0.5) is 15.8 Å². The van der Waals surface area contributed by atoms with E-state index in [9.17, 15) is 14.0 Å². The third-order valence-corrected chi connectivity index (χ3v) is 3.28. The lowest BCUT2D eigenvalue weighted by atomic mass is 10.2. The predicted octanol–water partition coefficient (Wildman–Crippen LogP) is 3.43. The van der Waals surface area contributed by atoms with Crippen LogP contribution >= 0.6 is 15.9 Å². The Morgan fingerprint density at radius 1 is 1.09 bits per heavy atom. The minimum absolute atomic E-state index is 0.0348. The third-order valence-electron chi connectivity index (χ3n) is 2.83. The van der Waals surface area contributed by atoms with E-state index in [1.807, 2.05) is 0 Å². The van der Waals surface area contributed by atoms with Crippen molar-refractivity contribution in [3.05, 3.63) is 58.3 Å². The fourth-order valence-electron chi connectivity index (χ4n) is 1.85. The SMILES string of the molecule is COCC(=O)Nc1ccc(NC(=O)c2cc(F)cc(Br)c2)cc1. The zero-order valence-corrected chi connectivity index (χ0v) is 13.8. The van der Waals surface area contributed by atoms with Crippen LogP contribution in [0.15, 0.2) is 46.9 Å².